The number of aryl methyl sites for hydroxylation is 4. The van der Waals surface area contributed by atoms with Crippen LogP contribution in [0.2, 0.25) is 0 Å². The first-order valence-electron chi connectivity index (χ1n) is 11.1. The fourth-order valence-electron chi connectivity index (χ4n) is 4.68. The zero-order chi connectivity index (χ0) is 22.9. The van der Waals surface area contributed by atoms with Crippen molar-refractivity contribution in [3.63, 3.8) is 0 Å². The monoisotopic (exact) mass is 449 g/mol. The summed E-state index contributed by atoms with van der Waals surface area (Å²) in [5.41, 5.74) is 6.85. The van der Waals surface area contributed by atoms with Crippen LogP contribution in [0.1, 0.15) is 33.4 Å². The summed E-state index contributed by atoms with van der Waals surface area (Å²) in [7, 11) is -3.72. The maximum atomic E-state index is 13.8. The van der Waals surface area contributed by atoms with E-state index in [1.807, 2.05) is 49.4 Å². The molecule has 3 aromatic carbocycles. The Balaban J connectivity index is 1.71. The van der Waals surface area contributed by atoms with Crippen molar-refractivity contribution in [2.24, 2.45) is 0 Å². The van der Waals surface area contributed by atoms with Crippen molar-refractivity contribution in [1.29, 1.82) is 0 Å². The summed E-state index contributed by atoms with van der Waals surface area (Å²) in [6.07, 6.45) is 0.623. The summed E-state index contributed by atoms with van der Waals surface area (Å²) in [5.74, 6) is 0. The third-order valence-corrected chi connectivity index (χ3v) is 8.21. The van der Waals surface area contributed by atoms with Crippen LogP contribution in [0.15, 0.2) is 71.6 Å². The van der Waals surface area contributed by atoms with E-state index in [0.717, 1.165) is 16.7 Å². The number of hydrogen-bond acceptors (Lipinski definition) is 3. The van der Waals surface area contributed by atoms with Gasteiger partial charge in [-0.3, -0.25) is 0 Å². The highest BCUT2D eigenvalue weighted by Crippen LogP contribution is 2.32. The van der Waals surface area contributed by atoms with Gasteiger partial charge in [0.05, 0.1) is 17.5 Å². The van der Waals surface area contributed by atoms with Crippen molar-refractivity contribution in [2.45, 2.75) is 57.7 Å². The SMILES string of the molecule is Cc1ccc(S(=O)(=O)N2[C@@H](Cc3ccccc3)CO[C@H]2Cc2c(C)cc(C)cc2C)cc1. The van der Waals surface area contributed by atoms with E-state index in [4.69, 9.17) is 4.74 Å². The third-order valence-electron chi connectivity index (χ3n) is 6.25. The van der Waals surface area contributed by atoms with E-state index in [1.54, 1.807) is 16.4 Å². The normalized spacial score (nSPS) is 19.4. The van der Waals surface area contributed by atoms with E-state index in [9.17, 15) is 8.42 Å². The highest BCUT2D eigenvalue weighted by molar-refractivity contribution is 7.89. The standard InChI is InChI=1S/C27H31NO3S/c1-19-10-12-25(13-11-19)32(29,30)28-24(16-23-8-6-5-7-9-23)18-31-27(28)17-26-21(3)14-20(2)15-22(26)4/h5-15,24,27H,16-18H2,1-4H3/t24-,27-/m0/s1. The second-order valence-corrected chi connectivity index (χ2v) is 10.7. The summed E-state index contributed by atoms with van der Waals surface area (Å²) >= 11 is 0. The minimum atomic E-state index is -3.72. The zero-order valence-corrected chi connectivity index (χ0v) is 20.0. The van der Waals surface area contributed by atoms with Gasteiger partial charge in [0.2, 0.25) is 10.0 Å². The Morgan fingerprint density at radius 1 is 0.844 bits per heavy atom. The molecule has 0 aromatic heterocycles. The molecule has 0 saturated carbocycles. The second-order valence-electron chi connectivity index (χ2n) is 8.86. The Bertz CT molecular complexity index is 1160. The van der Waals surface area contributed by atoms with Gasteiger partial charge in [0.25, 0.3) is 0 Å². The number of ether oxygens (including phenoxy) is 1. The molecule has 32 heavy (non-hydrogen) atoms. The predicted molar refractivity (Wildman–Crippen MR) is 128 cm³/mol. The molecular weight excluding hydrogens is 418 g/mol. The maximum Gasteiger partial charge on any atom is 0.245 e. The predicted octanol–water partition coefficient (Wildman–Crippen LogP) is 5.12. The van der Waals surface area contributed by atoms with Crippen LogP contribution in [0.5, 0.6) is 0 Å². The lowest BCUT2D eigenvalue weighted by atomic mass is 9.97. The van der Waals surface area contributed by atoms with Crippen LogP contribution in [0.25, 0.3) is 0 Å². The lowest BCUT2D eigenvalue weighted by Crippen LogP contribution is -2.44. The highest BCUT2D eigenvalue weighted by atomic mass is 32.2. The van der Waals surface area contributed by atoms with Gasteiger partial charge >= 0.3 is 0 Å². The highest BCUT2D eigenvalue weighted by Gasteiger charge is 2.43. The van der Waals surface area contributed by atoms with E-state index < -0.39 is 16.3 Å². The maximum absolute atomic E-state index is 13.8. The number of sulfonamides is 1. The Morgan fingerprint density at radius 3 is 2.09 bits per heavy atom. The van der Waals surface area contributed by atoms with Gasteiger partial charge in [-0.05, 0) is 68.5 Å². The largest absolute Gasteiger partial charge is 0.360 e. The molecule has 1 fully saturated rings. The van der Waals surface area contributed by atoms with Crippen LogP contribution in [0, 0.1) is 27.7 Å². The van der Waals surface area contributed by atoms with Crippen molar-refractivity contribution in [2.75, 3.05) is 6.61 Å². The van der Waals surface area contributed by atoms with E-state index in [-0.39, 0.29) is 6.04 Å². The molecule has 2 atom stereocenters. The van der Waals surface area contributed by atoms with E-state index in [0.29, 0.717) is 24.3 Å². The van der Waals surface area contributed by atoms with Gasteiger partial charge in [-0.2, -0.15) is 4.31 Å². The van der Waals surface area contributed by atoms with Crippen LogP contribution < -0.4 is 0 Å². The van der Waals surface area contributed by atoms with E-state index in [2.05, 4.69) is 32.9 Å². The molecule has 0 aliphatic carbocycles. The fourth-order valence-corrected chi connectivity index (χ4v) is 6.37. The van der Waals surface area contributed by atoms with Crippen molar-refractivity contribution in [3.8, 4) is 0 Å². The molecule has 0 N–H and O–H groups in total. The van der Waals surface area contributed by atoms with Crippen LogP contribution >= 0.6 is 0 Å². The lowest BCUT2D eigenvalue weighted by molar-refractivity contribution is 0.0686. The molecule has 1 saturated heterocycles. The number of nitrogens with zero attached hydrogens (tertiary/aromatic N) is 1. The molecule has 4 rings (SSSR count). The lowest BCUT2D eigenvalue weighted by Gasteiger charge is -2.28. The molecule has 5 heteroatoms. The Kier molecular flexibility index (Phi) is 6.52. The molecule has 1 heterocycles. The summed E-state index contributed by atoms with van der Waals surface area (Å²) < 4.78 is 35.4. The average molecular weight is 450 g/mol. The molecule has 0 bridgehead atoms. The van der Waals surface area contributed by atoms with Crippen LogP contribution in [0.4, 0.5) is 0 Å². The molecule has 1 aliphatic heterocycles. The van der Waals surface area contributed by atoms with Gasteiger partial charge in [0, 0.05) is 6.42 Å². The quantitative estimate of drug-likeness (QED) is 0.525. The van der Waals surface area contributed by atoms with Gasteiger partial charge < -0.3 is 4.74 Å². The van der Waals surface area contributed by atoms with Gasteiger partial charge in [0.1, 0.15) is 6.23 Å². The van der Waals surface area contributed by atoms with Crippen molar-refractivity contribution < 1.29 is 13.2 Å². The van der Waals surface area contributed by atoms with Crippen LogP contribution in [0.3, 0.4) is 0 Å². The number of hydrogen-bond donors (Lipinski definition) is 0. The van der Waals surface area contributed by atoms with Crippen molar-refractivity contribution >= 4 is 10.0 Å². The minimum Gasteiger partial charge on any atom is -0.360 e. The summed E-state index contributed by atoms with van der Waals surface area (Å²) in [4.78, 5) is 0.314. The topological polar surface area (TPSA) is 46.6 Å². The third kappa shape index (κ3) is 4.65. The minimum absolute atomic E-state index is 0.250. The first-order valence-corrected chi connectivity index (χ1v) is 12.5. The fraction of sp³-hybridized carbons (Fsp3) is 0.333. The van der Waals surface area contributed by atoms with Crippen molar-refractivity contribution in [1.82, 2.24) is 4.31 Å². The van der Waals surface area contributed by atoms with Gasteiger partial charge in [0.15, 0.2) is 0 Å². The Hall–Kier alpha value is -2.47. The number of benzene rings is 3. The molecule has 3 aromatic rings. The zero-order valence-electron chi connectivity index (χ0n) is 19.2. The van der Waals surface area contributed by atoms with E-state index in [1.165, 1.54) is 16.7 Å². The van der Waals surface area contributed by atoms with Crippen LogP contribution in [-0.4, -0.2) is 31.6 Å². The first kappa shape index (κ1) is 22.7. The van der Waals surface area contributed by atoms with Crippen molar-refractivity contribution in [3.05, 3.63) is 100 Å². The molecular formula is C27H31NO3S. The van der Waals surface area contributed by atoms with Gasteiger partial charge in [-0.15, -0.1) is 0 Å². The molecule has 0 spiro atoms. The van der Waals surface area contributed by atoms with E-state index >= 15 is 0 Å². The Morgan fingerprint density at radius 2 is 1.47 bits per heavy atom. The number of rotatable bonds is 6. The molecule has 0 amide bonds. The van der Waals surface area contributed by atoms with Gasteiger partial charge in [-0.25, -0.2) is 8.42 Å². The van der Waals surface area contributed by atoms with Gasteiger partial charge in [-0.1, -0.05) is 65.7 Å². The summed E-state index contributed by atoms with van der Waals surface area (Å²) in [6.45, 7) is 8.60. The molecule has 0 radical (unpaired) electrons. The summed E-state index contributed by atoms with van der Waals surface area (Å²) in [5, 5.41) is 0. The summed E-state index contributed by atoms with van der Waals surface area (Å²) in [6, 6.07) is 21.2. The molecule has 168 valence electrons. The molecule has 0 unspecified atom stereocenters. The molecule has 4 nitrogen and oxygen atoms in total. The molecule has 1 aliphatic rings. The average Bonchev–Trinajstić information content (AvgIpc) is 3.14. The Labute approximate surface area is 191 Å². The first-order chi connectivity index (χ1) is 15.3. The van der Waals surface area contributed by atoms with Crippen LogP contribution in [-0.2, 0) is 27.6 Å². The second kappa shape index (κ2) is 9.18. The smallest absolute Gasteiger partial charge is 0.245 e.